The summed E-state index contributed by atoms with van der Waals surface area (Å²) in [5.74, 6) is 0.730. The number of hydrogen-bond donors (Lipinski definition) is 2. The van der Waals surface area contributed by atoms with Gasteiger partial charge in [0.1, 0.15) is 22.2 Å². The van der Waals surface area contributed by atoms with Crippen LogP contribution in [0.2, 0.25) is 0 Å². The summed E-state index contributed by atoms with van der Waals surface area (Å²) in [5, 5.41) is 7.92. The third-order valence-electron chi connectivity index (χ3n) is 3.92. The SMILES string of the molecule is CCOc1ccc(-c2nc(C(=O)Nc3ccc(OC)c(NC(C)=O)c3)cs2)cc1. The van der Waals surface area contributed by atoms with Gasteiger partial charge in [-0.1, -0.05) is 0 Å². The molecule has 0 radical (unpaired) electrons. The molecule has 8 heteroatoms. The van der Waals surface area contributed by atoms with Gasteiger partial charge in [-0.05, 0) is 49.4 Å². The van der Waals surface area contributed by atoms with Crippen LogP contribution in [0.25, 0.3) is 10.6 Å². The smallest absolute Gasteiger partial charge is 0.275 e. The largest absolute Gasteiger partial charge is 0.495 e. The highest BCUT2D eigenvalue weighted by Gasteiger charge is 2.14. The Morgan fingerprint density at radius 3 is 2.52 bits per heavy atom. The second-order valence-corrected chi connectivity index (χ2v) is 6.90. The van der Waals surface area contributed by atoms with E-state index in [0.29, 0.717) is 29.4 Å². The zero-order valence-electron chi connectivity index (χ0n) is 16.3. The maximum absolute atomic E-state index is 12.6. The van der Waals surface area contributed by atoms with E-state index in [1.165, 1.54) is 25.4 Å². The quantitative estimate of drug-likeness (QED) is 0.600. The number of methoxy groups -OCH3 is 1. The molecule has 0 aliphatic carbocycles. The first-order chi connectivity index (χ1) is 14.0. The maximum atomic E-state index is 12.6. The molecule has 0 atom stereocenters. The number of nitrogens with zero attached hydrogens (tertiary/aromatic N) is 1. The number of rotatable bonds is 7. The molecule has 3 aromatic rings. The third-order valence-corrected chi connectivity index (χ3v) is 4.81. The van der Waals surface area contributed by atoms with Crippen LogP contribution < -0.4 is 20.1 Å². The number of carbonyl (C=O) groups is 2. The Morgan fingerprint density at radius 2 is 1.86 bits per heavy atom. The molecule has 1 aromatic heterocycles. The second-order valence-electron chi connectivity index (χ2n) is 6.05. The Balaban J connectivity index is 1.74. The van der Waals surface area contributed by atoms with Crippen molar-refractivity contribution < 1.29 is 19.1 Å². The number of ether oxygens (including phenoxy) is 2. The van der Waals surface area contributed by atoms with Gasteiger partial charge >= 0.3 is 0 Å². The number of thiazole rings is 1. The van der Waals surface area contributed by atoms with Crippen molar-refractivity contribution in [3.8, 4) is 22.1 Å². The van der Waals surface area contributed by atoms with Crippen LogP contribution in [0.4, 0.5) is 11.4 Å². The molecule has 150 valence electrons. The van der Waals surface area contributed by atoms with E-state index < -0.39 is 0 Å². The van der Waals surface area contributed by atoms with Gasteiger partial charge in [-0.3, -0.25) is 9.59 Å². The number of anilines is 2. The fraction of sp³-hybridized carbons (Fsp3) is 0.190. The van der Waals surface area contributed by atoms with E-state index in [1.54, 1.807) is 23.6 Å². The van der Waals surface area contributed by atoms with Crippen LogP contribution in [-0.2, 0) is 4.79 Å². The molecule has 7 nitrogen and oxygen atoms in total. The standard InChI is InChI=1S/C21H21N3O4S/c1-4-28-16-8-5-14(6-9-16)21-24-18(12-29-21)20(26)23-15-7-10-19(27-3)17(11-15)22-13(2)25/h5-12H,4H2,1-3H3,(H,22,25)(H,23,26). The van der Waals surface area contributed by atoms with Crippen molar-refractivity contribution >= 4 is 34.5 Å². The van der Waals surface area contributed by atoms with Crippen molar-refractivity contribution in [1.82, 2.24) is 4.98 Å². The van der Waals surface area contributed by atoms with Gasteiger partial charge in [0.25, 0.3) is 5.91 Å². The van der Waals surface area contributed by atoms with E-state index in [-0.39, 0.29) is 11.8 Å². The van der Waals surface area contributed by atoms with Gasteiger partial charge in [0.05, 0.1) is 19.4 Å². The van der Waals surface area contributed by atoms with E-state index in [2.05, 4.69) is 15.6 Å². The van der Waals surface area contributed by atoms with Crippen molar-refractivity contribution in [3.63, 3.8) is 0 Å². The fourth-order valence-corrected chi connectivity index (χ4v) is 3.45. The Bertz CT molecular complexity index is 1020. The van der Waals surface area contributed by atoms with Crippen molar-refractivity contribution in [1.29, 1.82) is 0 Å². The molecule has 0 unspecified atom stereocenters. The number of hydrogen-bond acceptors (Lipinski definition) is 6. The van der Waals surface area contributed by atoms with Crippen molar-refractivity contribution in [2.45, 2.75) is 13.8 Å². The van der Waals surface area contributed by atoms with Gasteiger partial charge in [-0.25, -0.2) is 4.98 Å². The molecule has 3 rings (SSSR count). The molecular formula is C21H21N3O4S. The molecule has 0 saturated carbocycles. The number of carbonyl (C=O) groups excluding carboxylic acids is 2. The van der Waals surface area contributed by atoms with Crippen LogP contribution in [0, 0.1) is 0 Å². The summed E-state index contributed by atoms with van der Waals surface area (Å²) in [6.45, 7) is 3.94. The molecular weight excluding hydrogens is 390 g/mol. The first kappa shape index (κ1) is 20.3. The molecule has 2 amide bonds. The average molecular weight is 411 g/mol. The summed E-state index contributed by atoms with van der Waals surface area (Å²) in [4.78, 5) is 28.4. The van der Waals surface area contributed by atoms with Gasteiger partial charge in [-0.15, -0.1) is 11.3 Å². The van der Waals surface area contributed by atoms with E-state index in [4.69, 9.17) is 9.47 Å². The minimum Gasteiger partial charge on any atom is -0.495 e. The Kier molecular flexibility index (Phi) is 6.46. The Morgan fingerprint density at radius 1 is 1.10 bits per heavy atom. The lowest BCUT2D eigenvalue weighted by Crippen LogP contribution is -2.13. The van der Waals surface area contributed by atoms with Gasteiger partial charge in [0, 0.05) is 23.6 Å². The Hall–Kier alpha value is -3.39. The van der Waals surface area contributed by atoms with Crippen LogP contribution in [0.15, 0.2) is 47.8 Å². The lowest BCUT2D eigenvalue weighted by molar-refractivity contribution is -0.114. The summed E-state index contributed by atoms with van der Waals surface area (Å²) in [7, 11) is 1.51. The van der Waals surface area contributed by atoms with Crippen LogP contribution in [0.3, 0.4) is 0 Å². The molecule has 0 aliphatic heterocycles. The van der Waals surface area contributed by atoms with E-state index in [9.17, 15) is 9.59 Å². The molecule has 0 spiro atoms. The highest BCUT2D eigenvalue weighted by molar-refractivity contribution is 7.13. The fourth-order valence-electron chi connectivity index (χ4n) is 2.64. The lowest BCUT2D eigenvalue weighted by atomic mass is 10.2. The van der Waals surface area contributed by atoms with Crippen LogP contribution in [0.1, 0.15) is 24.3 Å². The van der Waals surface area contributed by atoms with Gasteiger partial charge in [0.15, 0.2) is 0 Å². The van der Waals surface area contributed by atoms with Crippen LogP contribution >= 0.6 is 11.3 Å². The molecule has 0 fully saturated rings. The topological polar surface area (TPSA) is 89.6 Å². The maximum Gasteiger partial charge on any atom is 0.275 e. The minimum atomic E-state index is -0.336. The first-order valence-electron chi connectivity index (χ1n) is 8.96. The van der Waals surface area contributed by atoms with E-state index in [0.717, 1.165) is 16.3 Å². The van der Waals surface area contributed by atoms with Crippen molar-refractivity contribution in [2.24, 2.45) is 0 Å². The van der Waals surface area contributed by atoms with Crippen LogP contribution in [0.5, 0.6) is 11.5 Å². The summed E-state index contributed by atoms with van der Waals surface area (Å²) in [6, 6.07) is 12.6. The number of benzene rings is 2. The number of aromatic nitrogens is 1. The predicted molar refractivity (Wildman–Crippen MR) is 114 cm³/mol. The summed E-state index contributed by atoms with van der Waals surface area (Å²) in [6.07, 6.45) is 0. The summed E-state index contributed by atoms with van der Waals surface area (Å²) >= 11 is 1.39. The van der Waals surface area contributed by atoms with Gasteiger partial charge < -0.3 is 20.1 Å². The molecule has 0 bridgehead atoms. The highest BCUT2D eigenvalue weighted by atomic mass is 32.1. The molecule has 0 aliphatic rings. The van der Waals surface area contributed by atoms with Crippen molar-refractivity contribution in [2.75, 3.05) is 24.4 Å². The number of amides is 2. The minimum absolute atomic E-state index is 0.230. The third kappa shape index (κ3) is 5.11. The second kappa shape index (κ2) is 9.20. The van der Waals surface area contributed by atoms with E-state index in [1.807, 2.05) is 31.2 Å². The average Bonchev–Trinajstić information content (AvgIpc) is 3.19. The molecule has 29 heavy (non-hydrogen) atoms. The lowest BCUT2D eigenvalue weighted by Gasteiger charge is -2.11. The van der Waals surface area contributed by atoms with Gasteiger partial charge in [-0.2, -0.15) is 0 Å². The molecule has 2 N–H and O–H groups in total. The zero-order valence-corrected chi connectivity index (χ0v) is 17.1. The molecule has 1 heterocycles. The summed E-state index contributed by atoms with van der Waals surface area (Å²) < 4.78 is 10.7. The number of nitrogens with one attached hydrogen (secondary N) is 2. The van der Waals surface area contributed by atoms with Crippen LogP contribution in [-0.4, -0.2) is 30.5 Å². The monoisotopic (exact) mass is 411 g/mol. The molecule has 0 saturated heterocycles. The van der Waals surface area contributed by atoms with E-state index >= 15 is 0 Å². The Labute approximate surface area is 172 Å². The normalized spacial score (nSPS) is 10.3. The summed E-state index contributed by atoms with van der Waals surface area (Å²) in [5.41, 5.74) is 2.23. The zero-order chi connectivity index (χ0) is 20.8. The van der Waals surface area contributed by atoms with Gasteiger partial charge in [0.2, 0.25) is 5.91 Å². The highest BCUT2D eigenvalue weighted by Crippen LogP contribution is 2.29. The first-order valence-corrected chi connectivity index (χ1v) is 9.84. The predicted octanol–water partition coefficient (Wildman–Crippen LogP) is 4.43. The molecule has 2 aromatic carbocycles. The van der Waals surface area contributed by atoms with Crippen molar-refractivity contribution in [3.05, 3.63) is 53.5 Å².